The van der Waals surface area contributed by atoms with Crippen molar-refractivity contribution in [2.45, 2.75) is 5.16 Å². The number of hydrogen-bond acceptors (Lipinski definition) is 7. The lowest BCUT2D eigenvalue weighted by Gasteiger charge is -2.13. The van der Waals surface area contributed by atoms with Crippen molar-refractivity contribution >= 4 is 41.3 Å². The lowest BCUT2D eigenvalue weighted by atomic mass is 10.2. The lowest BCUT2D eigenvalue weighted by Crippen LogP contribution is -2.28. The Kier molecular flexibility index (Phi) is 4.76. The summed E-state index contributed by atoms with van der Waals surface area (Å²) in [7, 11) is 1.68. The second-order valence-corrected chi connectivity index (χ2v) is 5.15. The SMILES string of the molecule is CSc1nc(N)n(C(=S)N(C)/N=C/c2cccc(O)c2)n1. The van der Waals surface area contributed by atoms with Crippen LogP contribution in [0.5, 0.6) is 5.75 Å². The smallest absolute Gasteiger partial charge is 0.226 e. The topological polar surface area (TPSA) is 92.6 Å². The van der Waals surface area contributed by atoms with Crippen LogP contribution in [0.4, 0.5) is 5.95 Å². The third-order valence-electron chi connectivity index (χ3n) is 2.50. The maximum Gasteiger partial charge on any atom is 0.226 e. The predicted molar refractivity (Wildman–Crippen MR) is 87.7 cm³/mol. The fraction of sp³-hybridized carbons (Fsp3) is 0.167. The largest absolute Gasteiger partial charge is 0.508 e. The fourth-order valence-electron chi connectivity index (χ4n) is 1.48. The highest BCUT2D eigenvalue weighted by Gasteiger charge is 2.13. The number of thiocarbonyl (C=S) groups is 1. The van der Waals surface area contributed by atoms with Gasteiger partial charge >= 0.3 is 0 Å². The molecular formula is C12H14N6OS2. The van der Waals surface area contributed by atoms with Gasteiger partial charge in [0.25, 0.3) is 0 Å². The number of rotatable bonds is 3. The van der Waals surface area contributed by atoms with E-state index >= 15 is 0 Å². The molecular weight excluding hydrogens is 308 g/mol. The number of hydrogen-bond donors (Lipinski definition) is 2. The molecule has 0 amide bonds. The molecule has 0 spiro atoms. The Labute approximate surface area is 131 Å². The number of benzene rings is 1. The highest BCUT2D eigenvalue weighted by molar-refractivity contribution is 7.98. The van der Waals surface area contributed by atoms with Crippen LogP contribution in [0.1, 0.15) is 5.56 Å². The van der Waals surface area contributed by atoms with Gasteiger partial charge in [-0.3, -0.25) is 0 Å². The van der Waals surface area contributed by atoms with Crippen LogP contribution < -0.4 is 5.73 Å². The van der Waals surface area contributed by atoms with Gasteiger partial charge in [-0.2, -0.15) is 14.8 Å². The summed E-state index contributed by atoms with van der Waals surface area (Å²) in [6, 6.07) is 6.73. The lowest BCUT2D eigenvalue weighted by molar-refractivity contribution is 0.475. The summed E-state index contributed by atoms with van der Waals surface area (Å²) in [5.74, 6) is 0.387. The van der Waals surface area contributed by atoms with Gasteiger partial charge in [0.05, 0.1) is 6.21 Å². The molecule has 0 saturated carbocycles. The molecule has 1 aromatic heterocycles. The molecule has 3 N–H and O–H groups in total. The zero-order valence-corrected chi connectivity index (χ0v) is 13.1. The summed E-state index contributed by atoms with van der Waals surface area (Å²) in [6.07, 6.45) is 3.43. The summed E-state index contributed by atoms with van der Waals surface area (Å²) in [6.45, 7) is 0. The van der Waals surface area contributed by atoms with Crippen molar-refractivity contribution in [3.63, 3.8) is 0 Å². The molecule has 2 rings (SSSR count). The minimum atomic E-state index is 0.175. The Balaban J connectivity index is 2.14. The van der Waals surface area contributed by atoms with Crippen molar-refractivity contribution in [3.8, 4) is 5.75 Å². The monoisotopic (exact) mass is 322 g/mol. The summed E-state index contributed by atoms with van der Waals surface area (Å²) in [5, 5.41) is 20.0. The van der Waals surface area contributed by atoms with E-state index in [-0.39, 0.29) is 11.7 Å². The van der Waals surface area contributed by atoms with E-state index in [0.717, 1.165) is 5.56 Å². The van der Waals surface area contributed by atoms with Gasteiger partial charge in [0.2, 0.25) is 16.2 Å². The summed E-state index contributed by atoms with van der Waals surface area (Å²) in [4.78, 5) is 4.06. The molecule has 0 atom stereocenters. The Hall–Kier alpha value is -2.13. The first-order chi connectivity index (χ1) is 10.0. The van der Waals surface area contributed by atoms with Crippen LogP contribution in [0.25, 0.3) is 0 Å². The quantitative estimate of drug-likeness (QED) is 0.382. The number of aromatic hydroxyl groups is 1. The number of anilines is 1. The van der Waals surface area contributed by atoms with E-state index in [0.29, 0.717) is 10.3 Å². The van der Waals surface area contributed by atoms with Gasteiger partial charge in [-0.05, 0) is 36.2 Å². The van der Waals surface area contributed by atoms with E-state index in [1.807, 2.05) is 12.3 Å². The van der Waals surface area contributed by atoms with Gasteiger partial charge in [0.1, 0.15) is 5.75 Å². The van der Waals surface area contributed by atoms with Crippen LogP contribution in [0.2, 0.25) is 0 Å². The van der Waals surface area contributed by atoms with Crippen molar-refractivity contribution in [2.24, 2.45) is 5.10 Å². The van der Waals surface area contributed by atoms with Crippen molar-refractivity contribution in [2.75, 3.05) is 19.0 Å². The van der Waals surface area contributed by atoms with Gasteiger partial charge in [0, 0.05) is 7.05 Å². The Morgan fingerprint density at radius 1 is 1.57 bits per heavy atom. The number of thioether (sulfide) groups is 1. The molecule has 0 aliphatic rings. The highest BCUT2D eigenvalue weighted by Crippen LogP contribution is 2.12. The number of nitrogens with zero attached hydrogens (tertiary/aromatic N) is 5. The first-order valence-corrected chi connectivity index (χ1v) is 7.52. The number of aromatic nitrogens is 3. The molecule has 1 aromatic carbocycles. The van der Waals surface area contributed by atoms with E-state index in [9.17, 15) is 5.11 Å². The van der Waals surface area contributed by atoms with E-state index in [2.05, 4.69) is 15.2 Å². The number of hydrazone groups is 1. The summed E-state index contributed by atoms with van der Waals surface area (Å²) in [5.41, 5.74) is 6.51. The van der Waals surface area contributed by atoms with Crippen molar-refractivity contribution in [1.82, 2.24) is 19.8 Å². The van der Waals surface area contributed by atoms with Gasteiger partial charge in [-0.1, -0.05) is 23.9 Å². The van der Waals surface area contributed by atoms with Crippen molar-refractivity contribution in [1.29, 1.82) is 0 Å². The van der Waals surface area contributed by atoms with Crippen LogP contribution in [-0.2, 0) is 0 Å². The second-order valence-electron chi connectivity index (χ2n) is 4.01. The standard InChI is InChI=1S/C12H14N6OS2/c1-17(14-7-8-4-3-5-9(19)6-8)12(20)18-10(13)15-11(16-18)21-2/h3-7,19H,1-2H3,(H2,13,15,16)/b14-7+. The Bertz CT molecular complexity index is 684. The fourth-order valence-corrected chi connectivity index (χ4v) is 2.01. The molecule has 2 aromatic rings. The molecule has 0 fully saturated rings. The van der Waals surface area contributed by atoms with Crippen LogP contribution >= 0.6 is 24.0 Å². The predicted octanol–water partition coefficient (Wildman–Crippen LogP) is 1.39. The van der Waals surface area contributed by atoms with Crippen LogP contribution in [0, 0.1) is 0 Å². The number of phenolic OH excluding ortho intramolecular Hbond substituents is 1. The normalized spacial score (nSPS) is 11.0. The van der Waals surface area contributed by atoms with Crippen molar-refractivity contribution < 1.29 is 5.11 Å². The molecule has 9 heteroatoms. The van der Waals surface area contributed by atoms with Gasteiger partial charge in [0.15, 0.2) is 0 Å². The first-order valence-electron chi connectivity index (χ1n) is 5.89. The van der Waals surface area contributed by atoms with E-state index in [1.54, 1.807) is 31.5 Å². The molecule has 0 unspecified atom stereocenters. The molecule has 1 heterocycles. The first kappa shape index (κ1) is 15.3. The van der Waals surface area contributed by atoms with Gasteiger partial charge in [-0.25, -0.2) is 5.01 Å². The minimum Gasteiger partial charge on any atom is -0.508 e. The maximum absolute atomic E-state index is 9.39. The van der Waals surface area contributed by atoms with Gasteiger partial charge in [-0.15, -0.1) is 5.10 Å². The molecule has 0 saturated heterocycles. The van der Waals surface area contributed by atoms with E-state index < -0.39 is 0 Å². The molecule has 110 valence electrons. The molecule has 0 aliphatic carbocycles. The zero-order valence-electron chi connectivity index (χ0n) is 11.5. The van der Waals surface area contributed by atoms with Crippen LogP contribution in [0.3, 0.4) is 0 Å². The van der Waals surface area contributed by atoms with E-state index in [1.165, 1.54) is 21.5 Å². The number of nitrogen functional groups attached to an aromatic ring is 1. The molecule has 7 nitrogen and oxygen atoms in total. The molecule has 0 radical (unpaired) electrons. The second kappa shape index (κ2) is 6.55. The van der Waals surface area contributed by atoms with Crippen LogP contribution in [0.15, 0.2) is 34.5 Å². The number of phenols is 1. The Morgan fingerprint density at radius 2 is 2.33 bits per heavy atom. The third kappa shape index (κ3) is 3.70. The van der Waals surface area contributed by atoms with Gasteiger partial charge < -0.3 is 10.8 Å². The zero-order chi connectivity index (χ0) is 15.4. The van der Waals surface area contributed by atoms with Crippen molar-refractivity contribution in [3.05, 3.63) is 29.8 Å². The number of nitrogens with two attached hydrogens (primary N) is 1. The highest BCUT2D eigenvalue weighted by atomic mass is 32.2. The van der Waals surface area contributed by atoms with Crippen LogP contribution in [-0.4, -0.2) is 49.5 Å². The Morgan fingerprint density at radius 3 is 2.95 bits per heavy atom. The molecule has 0 bridgehead atoms. The molecule has 0 aliphatic heterocycles. The summed E-state index contributed by atoms with van der Waals surface area (Å²) >= 11 is 6.64. The average molecular weight is 322 g/mol. The summed E-state index contributed by atoms with van der Waals surface area (Å²) < 4.78 is 1.35. The molecule has 21 heavy (non-hydrogen) atoms. The third-order valence-corrected chi connectivity index (χ3v) is 3.48. The minimum absolute atomic E-state index is 0.175. The average Bonchev–Trinajstić information content (AvgIpc) is 2.85. The van der Waals surface area contributed by atoms with E-state index in [4.69, 9.17) is 18.0 Å². The maximum atomic E-state index is 9.39.